The first kappa shape index (κ1) is 18.9. The molecule has 0 atom stereocenters. The van der Waals surface area contributed by atoms with Crippen LogP contribution in [0.15, 0.2) is 42.5 Å². The van der Waals surface area contributed by atoms with Gasteiger partial charge >= 0.3 is 0 Å². The fourth-order valence-corrected chi connectivity index (χ4v) is 4.16. The van der Waals surface area contributed by atoms with Gasteiger partial charge in [-0.15, -0.1) is 0 Å². The van der Waals surface area contributed by atoms with Crippen molar-refractivity contribution in [2.24, 2.45) is 5.92 Å². The fourth-order valence-electron chi connectivity index (χ4n) is 4.16. The molecule has 0 bridgehead atoms. The second-order valence-corrected chi connectivity index (χ2v) is 8.41. The molecule has 2 saturated carbocycles. The molecule has 0 spiro atoms. The average Bonchev–Trinajstić information content (AvgIpc) is 3.55. The average molecular weight is 376 g/mol. The topological polar surface area (TPSA) is 46.2 Å². The van der Waals surface area contributed by atoms with Crippen LogP contribution >= 0.6 is 0 Å². The molecule has 0 aromatic heterocycles. The molecule has 3 heteroatoms. The van der Waals surface area contributed by atoms with Crippen molar-refractivity contribution in [2.75, 3.05) is 0 Å². The van der Waals surface area contributed by atoms with Crippen LogP contribution in [0.1, 0.15) is 77.6 Å². The summed E-state index contributed by atoms with van der Waals surface area (Å²) in [4.78, 5) is 25.2. The van der Waals surface area contributed by atoms with Gasteiger partial charge in [0.25, 0.3) is 5.91 Å². The van der Waals surface area contributed by atoms with Gasteiger partial charge in [-0.2, -0.15) is 0 Å². The van der Waals surface area contributed by atoms with E-state index in [1.165, 1.54) is 25.7 Å². The van der Waals surface area contributed by atoms with Crippen LogP contribution in [-0.2, 0) is 0 Å². The van der Waals surface area contributed by atoms with Crippen molar-refractivity contribution < 1.29 is 9.59 Å². The van der Waals surface area contributed by atoms with Crippen molar-refractivity contribution in [3.05, 3.63) is 59.2 Å². The number of benzene rings is 2. The van der Waals surface area contributed by atoms with Crippen molar-refractivity contribution in [3.8, 4) is 11.1 Å². The van der Waals surface area contributed by atoms with E-state index < -0.39 is 0 Å². The van der Waals surface area contributed by atoms with Crippen LogP contribution in [0.4, 0.5) is 0 Å². The molecular formula is C25H29NO2. The molecule has 3 nitrogen and oxygen atoms in total. The van der Waals surface area contributed by atoms with E-state index in [4.69, 9.17) is 0 Å². The maximum Gasteiger partial charge on any atom is 0.251 e. The van der Waals surface area contributed by atoms with Crippen LogP contribution in [0, 0.1) is 12.8 Å². The number of carbonyl (C=O) groups is 2. The number of hydrogen-bond donors (Lipinski definition) is 1. The Hall–Kier alpha value is -2.42. The van der Waals surface area contributed by atoms with E-state index in [9.17, 15) is 9.59 Å². The molecule has 2 aliphatic rings. The normalized spacial score (nSPS) is 17.8. The molecule has 2 aromatic rings. The van der Waals surface area contributed by atoms with Crippen molar-refractivity contribution in [3.63, 3.8) is 0 Å². The summed E-state index contributed by atoms with van der Waals surface area (Å²) in [5, 5.41) is 3.05. The number of amides is 1. The largest absolute Gasteiger partial charge is 0.349 e. The molecule has 2 fully saturated rings. The van der Waals surface area contributed by atoms with Crippen molar-refractivity contribution in [1.29, 1.82) is 0 Å². The van der Waals surface area contributed by atoms with Crippen molar-refractivity contribution in [2.45, 2.75) is 64.3 Å². The monoisotopic (exact) mass is 375 g/mol. The molecule has 0 heterocycles. The van der Waals surface area contributed by atoms with Gasteiger partial charge in [0.15, 0.2) is 5.78 Å². The molecule has 1 amide bonds. The molecule has 0 aliphatic heterocycles. The third-order valence-corrected chi connectivity index (χ3v) is 6.12. The molecule has 0 saturated heterocycles. The number of ketones is 1. The maximum absolute atomic E-state index is 12.9. The van der Waals surface area contributed by atoms with Crippen molar-refractivity contribution in [1.82, 2.24) is 5.32 Å². The first-order valence-corrected chi connectivity index (χ1v) is 10.7. The summed E-state index contributed by atoms with van der Waals surface area (Å²) in [5.41, 5.74) is 4.75. The Balaban J connectivity index is 1.53. The molecular weight excluding hydrogens is 346 g/mol. The minimum Gasteiger partial charge on any atom is -0.349 e. The summed E-state index contributed by atoms with van der Waals surface area (Å²) >= 11 is 0. The number of aryl methyl sites for hydroxylation is 1. The number of Topliss-reactive ketones (excluding diaryl/α,β-unsaturated/α-hetero) is 1. The predicted molar refractivity (Wildman–Crippen MR) is 113 cm³/mol. The van der Waals surface area contributed by atoms with Crippen LogP contribution in [0.25, 0.3) is 11.1 Å². The lowest BCUT2D eigenvalue weighted by atomic mass is 9.90. The fraction of sp³-hybridized carbons (Fsp3) is 0.440. The standard InChI is InChI=1S/C25H29NO2/c1-17-8-9-21(25(28)26-22-14-15-22)16-23(17)18-10-12-20(13-11-18)24(27)19-6-4-2-3-5-7-19/h8-13,16,19,22H,2-7,14-15H2,1H3,(H,26,28). The SMILES string of the molecule is Cc1ccc(C(=O)NC2CC2)cc1-c1ccc(C(=O)C2CCCCCC2)cc1. The van der Waals surface area contributed by atoms with E-state index in [2.05, 4.69) is 12.2 Å². The summed E-state index contributed by atoms with van der Waals surface area (Å²) in [6, 6.07) is 14.2. The van der Waals surface area contributed by atoms with Gasteiger partial charge in [0.2, 0.25) is 0 Å². The number of carbonyl (C=O) groups excluding carboxylic acids is 2. The Labute approximate surface area is 167 Å². The van der Waals surface area contributed by atoms with Gasteiger partial charge in [0.1, 0.15) is 0 Å². The third-order valence-electron chi connectivity index (χ3n) is 6.12. The second-order valence-electron chi connectivity index (χ2n) is 8.41. The maximum atomic E-state index is 12.9. The zero-order valence-electron chi connectivity index (χ0n) is 16.7. The summed E-state index contributed by atoms with van der Waals surface area (Å²) < 4.78 is 0. The number of nitrogens with one attached hydrogen (secondary N) is 1. The Bertz CT molecular complexity index is 857. The minimum absolute atomic E-state index is 0.00362. The highest BCUT2D eigenvalue weighted by atomic mass is 16.1. The predicted octanol–water partition coefficient (Wildman–Crippen LogP) is 5.71. The minimum atomic E-state index is 0.00362. The zero-order valence-corrected chi connectivity index (χ0v) is 16.7. The molecule has 2 aliphatic carbocycles. The van der Waals surface area contributed by atoms with Crippen LogP contribution < -0.4 is 5.32 Å². The van der Waals surface area contributed by atoms with Gasteiger partial charge in [0, 0.05) is 23.1 Å². The van der Waals surface area contributed by atoms with Gasteiger partial charge < -0.3 is 5.32 Å². The van der Waals surface area contributed by atoms with E-state index in [0.29, 0.717) is 17.4 Å². The van der Waals surface area contributed by atoms with Crippen LogP contribution in [0.2, 0.25) is 0 Å². The molecule has 0 unspecified atom stereocenters. The first-order chi connectivity index (χ1) is 13.6. The van der Waals surface area contributed by atoms with E-state index in [1.807, 2.05) is 42.5 Å². The van der Waals surface area contributed by atoms with E-state index >= 15 is 0 Å². The molecule has 28 heavy (non-hydrogen) atoms. The smallest absolute Gasteiger partial charge is 0.251 e. The quantitative estimate of drug-likeness (QED) is 0.537. The van der Waals surface area contributed by atoms with E-state index in [1.54, 1.807) is 0 Å². The van der Waals surface area contributed by atoms with E-state index in [0.717, 1.165) is 47.9 Å². The Morgan fingerprint density at radius 3 is 2.11 bits per heavy atom. The summed E-state index contributed by atoms with van der Waals surface area (Å²) in [5.74, 6) is 0.483. The molecule has 146 valence electrons. The van der Waals surface area contributed by atoms with Crippen LogP contribution in [-0.4, -0.2) is 17.7 Å². The van der Waals surface area contributed by atoms with Gasteiger partial charge in [-0.3, -0.25) is 9.59 Å². The summed E-state index contributed by atoms with van der Waals surface area (Å²) in [6.07, 6.45) is 9.07. The second kappa shape index (κ2) is 8.30. The van der Waals surface area contributed by atoms with Gasteiger partial charge in [0.05, 0.1) is 0 Å². The Morgan fingerprint density at radius 1 is 0.821 bits per heavy atom. The zero-order chi connectivity index (χ0) is 19.5. The Morgan fingerprint density at radius 2 is 1.46 bits per heavy atom. The first-order valence-electron chi connectivity index (χ1n) is 10.7. The lowest BCUT2D eigenvalue weighted by Gasteiger charge is -2.14. The Kier molecular flexibility index (Phi) is 5.61. The summed E-state index contributed by atoms with van der Waals surface area (Å²) in [7, 11) is 0. The van der Waals surface area contributed by atoms with Crippen LogP contribution in [0.3, 0.4) is 0 Å². The van der Waals surface area contributed by atoms with Crippen molar-refractivity contribution >= 4 is 11.7 Å². The molecule has 4 rings (SSSR count). The lowest BCUT2D eigenvalue weighted by Crippen LogP contribution is -2.25. The van der Waals surface area contributed by atoms with Crippen LogP contribution in [0.5, 0.6) is 0 Å². The van der Waals surface area contributed by atoms with E-state index in [-0.39, 0.29) is 11.8 Å². The van der Waals surface area contributed by atoms with Gasteiger partial charge in [-0.1, -0.05) is 56.0 Å². The highest BCUT2D eigenvalue weighted by molar-refractivity contribution is 5.99. The number of hydrogen-bond acceptors (Lipinski definition) is 2. The highest BCUT2D eigenvalue weighted by Crippen LogP contribution is 2.29. The molecule has 2 aromatic carbocycles. The lowest BCUT2D eigenvalue weighted by molar-refractivity contribution is 0.0906. The highest BCUT2D eigenvalue weighted by Gasteiger charge is 2.24. The molecule has 1 N–H and O–H groups in total. The summed E-state index contributed by atoms with van der Waals surface area (Å²) in [6.45, 7) is 2.06. The van der Waals surface area contributed by atoms with Gasteiger partial charge in [-0.25, -0.2) is 0 Å². The third kappa shape index (κ3) is 4.35. The van der Waals surface area contributed by atoms with Gasteiger partial charge in [-0.05, 0) is 61.4 Å². The number of rotatable bonds is 5. The molecule has 0 radical (unpaired) electrons.